The normalized spacial score (nSPS) is 20.1. The molecule has 30 heavy (non-hydrogen) atoms. The zero-order chi connectivity index (χ0) is 21.3. The van der Waals surface area contributed by atoms with Gasteiger partial charge in [0.25, 0.3) is 5.91 Å². The van der Waals surface area contributed by atoms with Crippen LogP contribution in [-0.2, 0) is 10.3 Å². The lowest BCUT2D eigenvalue weighted by atomic mass is 9.91. The summed E-state index contributed by atoms with van der Waals surface area (Å²) in [5.41, 5.74) is -0.348. The zero-order valence-electron chi connectivity index (χ0n) is 16.8. The minimum absolute atomic E-state index is 0.340. The fourth-order valence-corrected chi connectivity index (χ4v) is 3.53. The highest BCUT2D eigenvalue weighted by Gasteiger charge is 2.49. The van der Waals surface area contributed by atoms with E-state index >= 15 is 0 Å². The minimum atomic E-state index is -1.30. The van der Waals surface area contributed by atoms with Crippen molar-refractivity contribution in [3.05, 3.63) is 53.6 Å². The summed E-state index contributed by atoms with van der Waals surface area (Å²) in [7, 11) is 0. The number of carbonyl (C=O) groups excluding carboxylic acids is 3. The van der Waals surface area contributed by atoms with E-state index in [1.54, 1.807) is 49.4 Å². The molecule has 8 heteroatoms. The van der Waals surface area contributed by atoms with Gasteiger partial charge in [0, 0.05) is 5.56 Å². The van der Waals surface area contributed by atoms with Crippen molar-refractivity contribution in [3.63, 3.8) is 0 Å². The fraction of sp³-hybridized carbons (Fsp3) is 0.318. The number of fused-ring (bicyclic) bond motifs is 1. The Labute approximate surface area is 173 Å². The number of nitrogens with one attached hydrogen (secondary N) is 1. The van der Waals surface area contributed by atoms with Gasteiger partial charge in [-0.05, 0) is 55.8 Å². The Bertz CT molecular complexity index is 1000. The van der Waals surface area contributed by atoms with Gasteiger partial charge in [-0.2, -0.15) is 0 Å². The van der Waals surface area contributed by atoms with E-state index < -0.39 is 17.5 Å². The Balaban J connectivity index is 1.52. The fourth-order valence-electron chi connectivity index (χ4n) is 3.53. The molecular weight excluding hydrogens is 388 g/mol. The average molecular weight is 410 g/mol. The summed E-state index contributed by atoms with van der Waals surface area (Å²) in [4.78, 5) is 39.2. The second-order valence-corrected chi connectivity index (χ2v) is 7.19. The summed E-state index contributed by atoms with van der Waals surface area (Å²) in [5.74, 6) is 0.922. The molecule has 1 N–H and O–H groups in total. The summed E-state index contributed by atoms with van der Waals surface area (Å²) in [5, 5.41) is 2.70. The van der Waals surface area contributed by atoms with Crippen LogP contribution in [0.25, 0.3) is 0 Å². The van der Waals surface area contributed by atoms with Crippen LogP contribution in [0.3, 0.4) is 0 Å². The number of carbonyl (C=O) groups is 3. The molecule has 2 aromatic carbocycles. The quantitative estimate of drug-likeness (QED) is 0.581. The number of imide groups is 1. The molecule has 0 radical (unpaired) electrons. The van der Waals surface area contributed by atoms with E-state index in [1.807, 2.05) is 6.92 Å². The van der Waals surface area contributed by atoms with Crippen LogP contribution < -0.4 is 19.5 Å². The number of benzene rings is 2. The second kappa shape index (κ2) is 7.70. The molecule has 3 amide bonds. The summed E-state index contributed by atoms with van der Waals surface area (Å²) in [6.45, 7) is 4.53. The van der Waals surface area contributed by atoms with Crippen LogP contribution in [0.1, 0.15) is 29.8 Å². The number of rotatable bonds is 6. The van der Waals surface area contributed by atoms with Gasteiger partial charge in [-0.3, -0.25) is 14.5 Å². The molecule has 0 aliphatic carbocycles. The van der Waals surface area contributed by atoms with Crippen LogP contribution in [-0.4, -0.2) is 49.0 Å². The van der Waals surface area contributed by atoms with Crippen LogP contribution in [0.2, 0.25) is 0 Å². The molecule has 1 saturated heterocycles. The highest BCUT2D eigenvalue weighted by atomic mass is 16.6. The van der Waals surface area contributed by atoms with Gasteiger partial charge in [0.05, 0.1) is 13.2 Å². The average Bonchev–Trinajstić information content (AvgIpc) is 2.98. The van der Waals surface area contributed by atoms with E-state index in [1.165, 1.54) is 0 Å². The van der Waals surface area contributed by atoms with E-state index in [0.29, 0.717) is 48.2 Å². The third-order valence-electron chi connectivity index (χ3n) is 5.18. The topological polar surface area (TPSA) is 94.2 Å². The van der Waals surface area contributed by atoms with Gasteiger partial charge in [0.15, 0.2) is 17.3 Å². The molecule has 1 atom stereocenters. The molecule has 8 nitrogen and oxygen atoms in total. The summed E-state index contributed by atoms with van der Waals surface area (Å²) < 4.78 is 16.5. The molecule has 1 fully saturated rings. The van der Waals surface area contributed by atoms with E-state index in [-0.39, 0.29) is 12.3 Å². The standard InChI is InChI=1S/C22H22N2O6/c1-3-28-16-7-4-14(5-8-16)17(25)13-24-20(26)22(2,23-21(24)27)15-6-9-18-19(12-15)30-11-10-29-18/h4-9,12H,3,10-11,13H2,1-2H3,(H,23,27)/t22-/m0/s1. The molecule has 2 aliphatic heterocycles. The Morgan fingerprint density at radius 2 is 1.80 bits per heavy atom. The van der Waals surface area contributed by atoms with Gasteiger partial charge in [0.1, 0.15) is 24.5 Å². The van der Waals surface area contributed by atoms with E-state index in [2.05, 4.69) is 5.32 Å². The first-order valence-electron chi connectivity index (χ1n) is 9.72. The second-order valence-electron chi connectivity index (χ2n) is 7.19. The Hall–Kier alpha value is -3.55. The number of hydrogen-bond acceptors (Lipinski definition) is 6. The first kappa shape index (κ1) is 19.8. The molecule has 156 valence electrons. The lowest BCUT2D eigenvalue weighted by Gasteiger charge is -2.25. The number of hydrogen-bond donors (Lipinski definition) is 1. The van der Waals surface area contributed by atoms with Crippen LogP contribution in [0, 0.1) is 0 Å². The molecule has 2 aliphatic rings. The van der Waals surface area contributed by atoms with Crippen LogP contribution >= 0.6 is 0 Å². The molecule has 0 saturated carbocycles. The third-order valence-corrected chi connectivity index (χ3v) is 5.18. The van der Waals surface area contributed by atoms with Crippen molar-refractivity contribution in [3.8, 4) is 17.2 Å². The molecular formula is C22H22N2O6. The molecule has 4 rings (SSSR count). The Kier molecular flexibility index (Phi) is 5.07. The Morgan fingerprint density at radius 1 is 1.10 bits per heavy atom. The summed E-state index contributed by atoms with van der Waals surface area (Å²) in [6.07, 6.45) is 0. The predicted molar refractivity (Wildman–Crippen MR) is 107 cm³/mol. The maximum Gasteiger partial charge on any atom is 0.325 e. The van der Waals surface area contributed by atoms with Gasteiger partial charge >= 0.3 is 6.03 Å². The predicted octanol–water partition coefficient (Wildman–Crippen LogP) is 2.51. The van der Waals surface area contributed by atoms with Crippen molar-refractivity contribution in [2.24, 2.45) is 0 Å². The largest absolute Gasteiger partial charge is 0.494 e. The maximum absolute atomic E-state index is 13.1. The van der Waals surface area contributed by atoms with Crippen molar-refractivity contribution < 1.29 is 28.6 Å². The number of Topliss-reactive ketones (excluding diaryl/α,β-unsaturated/α-hetero) is 1. The molecule has 0 bridgehead atoms. The van der Waals surface area contributed by atoms with E-state index in [4.69, 9.17) is 14.2 Å². The molecule has 2 heterocycles. The molecule has 2 aromatic rings. The van der Waals surface area contributed by atoms with Crippen LogP contribution in [0.4, 0.5) is 4.79 Å². The van der Waals surface area contributed by atoms with E-state index in [9.17, 15) is 14.4 Å². The van der Waals surface area contributed by atoms with Crippen molar-refractivity contribution >= 4 is 17.7 Å². The van der Waals surface area contributed by atoms with Crippen molar-refractivity contribution in [2.75, 3.05) is 26.4 Å². The van der Waals surface area contributed by atoms with Gasteiger partial charge in [-0.1, -0.05) is 6.07 Å². The highest BCUT2D eigenvalue weighted by molar-refractivity contribution is 6.11. The smallest absolute Gasteiger partial charge is 0.325 e. The van der Waals surface area contributed by atoms with Crippen LogP contribution in [0.5, 0.6) is 17.2 Å². The first-order valence-corrected chi connectivity index (χ1v) is 9.72. The highest BCUT2D eigenvalue weighted by Crippen LogP contribution is 2.36. The summed E-state index contributed by atoms with van der Waals surface area (Å²) >= 11 is 0. The van der Waals surface area contributed by atoms with Gasteiger partial charge in [0.2, 0.25) is 0 Å². The SMILES string of the molecule is CCOc1ccc(C(=O)CN2C(=O)N[C@@](C)(c3ccc4c(c3)OCCO4)C2=O)cc1. The van der Waals surface area contributed by atoms with Gasteiger partial charge in [-0.25, -0.2) is 4.79 Å². The minimum Gasteiger partial charge on any atom is -0.494 e. The molecule has 0 unspecified atom stereocenters. The summed E-state index contributed by atoms with van der Waals surface area (Å²) in [6, 6.07) is 11.1. The maximum atomic E-state index is 13.1. The molecule has 0 spiro atoms. The monoisotopic (exact) mass is 410 g/mol. The first-order chi connectivity index (χ1) is 14.4. The van der Waals surface area contributed by atoms with Gasteiger partial charge < -0.3 is 19.5 Å². The number of nitrogens with zero attached hydrogens (tertiary/aromatic N) is 1. The number of urea groups is 1. The van der Waals surface area contributed by atoms with Crippen molar-refractivity contribution in [1.29, 1.82) is 0 Å². The van der Waals surface area contributed by atoms with Crippen molar-refractivity contribution in [2.45, 2.75) is 19.4 Å². The number of ether oxygens (including phenoxy) is 3. The van der Waals surface area contributed by atoms with Crippen molar-refractivity contribution in [1.82, 2.24) is 10.2 Å². The van der Waals surface area contributed by atoms with Crippen LogP contribution in [0.15, 0.2) is 42.5 Å². The van der Waals surface area contributed by atoms with Gasteiger partial charge in [-0.15, -0.1) is 0 Å². The van der Waals surface area contributed by atoms with E-state index in [0.717, 1.165) is 4.90 Å². The number of amides is 3. The zero-order valence-corrected chi connectivity index (χ0v) is 16.8. The lowest BCUT2D eigenvalue weighted by Crippen LogP contribution is -2.41. The Morgan fingerprint density at radius 3 is 2.50 bits per heavy atom. The third kappa shape index (κ3) is 3.45. The number of ketones is 1. The lowest BCUT2D eigenvalue weighted by molar-refractivity contribution is -0.130. The molecule has 0 aromatic heterocycles.